The fraction of sp³-hybridized carbons (Fsp3) is 0.400. The Kier molecular flexibility index (Phi) is 4.69. The summed E-state index contributed by atoms with van der Waals surface area (Å²) >= 11 is 0. The van der Waals surface area contributed by atoms with Gasteiger partial charge in [-0.05, 0) is 25.9 Å². The van der Waals surface area contributed by atoms with Crippen molar-refractivity contribution in [2.45, 2.75) is 12.8 Å². The van der Waals surface area contributed by atoms with Crippen molar-refractivity contribution in [1.82, 2.24) is 5.32 Å². The molecule has 0 saturated carbocycles. The Balaban J connectivity index is 0.000000145. The van der Waals surface area contributed by atoms with Gasteiger partial charge in [-0.15, -0.1) is 0 Å². The summed E-state index contributed by atoms with van der Waals surface area (Å²) < 4.78 is 0. The largest absolute Gasteiger partial charge is 0.317 e. The van der Waals surface area contributed by atoms with Crippen LogP contribution in [-0.4, -0.2) is 28.8 Å². The van der Waals surface area contributed by atoms with Crippen LogP contribution in [-0.2, 0) is 0 Å². The first-order valence-corrected chi connectivity index (χ1v) is 4.61. The Morgan fingerprint density at radius 2 is 1.23 bits per heavy atom. The fourth-order valence-electron chi connectivity index (χ4n) is 1.12. The van der Waals surface area contributed by atoms with Crippen LogP contribution in [0.15, 0.2) is 24.3 Å². The zero-order chi connectivity index (χ0) is 9.52. The van der Waals surface area contributed by atoms with Gasteiger partial charge in [-0.25, -0.2) is 0 Å². The van der Waals surface area contributed by atoms with Crippen molar-refractivity contribution in [1.29, 1.82) is 0 Å². The van der Waals surface area contributed by atoms with Crippen molar-refractivity contribution in [3.63, 3.8) is 0 Å². The van der Waals surface area contributed by atoms with Gasteiger partial charge in [-0.3, -0.25) is 0 Å². The van der Waals surface area contributed by atoms with E-state index in [4.69, 9.17) is 15.7 Å². The summed E-state index contributed by atoms with van der Waals surface area (Å²) in [7, 11) is 10.7. The van der Waals surface area contributed by atoms with Crippen molar-refractivity contribution in [2.75, 3.05) is 13.1 Å². The highest BCUT2D eigenvalue weighted by Crippen LogP contribution is 1.90. The number of rotatable bonds is 0. The highest BCUT2D eigenvalue weighted by molar-refractivity contribution is 6.35. The first-order chi connectivity index (χ1) is 6.29. The predicted molar refractivity (Wildman–Crippen MR) is 59.3 cm³/mol. The van der Waals surface area contributed by atoms with Gasteiger partial charge in [0.15, 0.2) is 0 Å². The van der Waals surface area contributed by atoms with Crippen LogP contribution in [0.1, 0.15) is 12.8 Å². The van der Waals surface area contributed by atoms with Crippen molar-refractivity contribution in [3.05, 3.63) is 24.3 Å². The summed E-state index contributed by atoms with van der Waals surface area (Å²) in [5, 5.41) is 3.22. The summed E-state index contributed by atoms with van der Waals surface area (Å²) in [6.07, 6.45) is 2.78. The predicted octanol–water partition coefficient (Wildman–Crippen LogP) is -0.356. The molecule has 1 nitrogen and oxygen atoms in total. The molecule has 1 aromatic rings. The summed E-state index contributed by atoms with van der Waals surface area (Å²) in [6, 6.07) is 7.09. The van der Waals surface area contributed by atoms with Gasteiger partial charge in [0.05, 0.1) is 0 Å². The molecule has 1 N–H and O–H groups in total. The average Bonchev–Trinajstić information content (AvgIpc) is 2.68. The smallest absolute Gasteiger partial charge is 0.113 e. The van der Waals surface area contributed by atoms with Crippen molar-refractivity contribution in [3.8, 4) is 0 Å². The van der Waals surface area contributed by atoms with Crippen molar-refractivity contribution in [2.24, 2.45) is 0 Å². The number of hydrogen-bond acceptors (Lipinski definition) is 1. The van der Waals surface area contributed by atoms with E-state index in [0.717, 1.165) is 10.9 Å². The maximum absolute atomic E-state index is 5.37. The lowest BCUT2D eigenvalue weighted by atomic mass is 9.90. The van der Waals surface area contributed by atoms with Gasteiger partial charge in [0.1, 0.15) is 15.7 Å². The standard InChI is InChI=1S/C6H4B2.C4H9N/c7-5-1-2-6(8)4-3-5;1-2-4-5-3-1/h1-4H;5H,1-4H2. The lowest BCUT2D eigenvalue weighted by molar-refractivity contribution is 0.857. The molecule has 1 heterocycles. The molecule has 3 heteroatoms. The monoisotopic (exact) mass is 169 g/mol. The van der Waals surface area contributed by atoms with Crippen LogP contribution >= 0.6 is 0 Å². The third kappa shape index (κ3) is 4.79. The van der Waals surface area contributed by atoms with Gasteiger partial charge in [-0.2, -0.15) is 0 Å². The maximum Gasteiger partial charge on any atom is 0.113 e. The van der Waals surface area contributed by atoms with Gasteiger partial charge in [0, 0.05) is 0 Å². The lowest BCUT2D eigenvalue weighted by Crippen LogP contribution is -2.07. The first kappa shape index (κ1) is 10.4. The Labute approximate surface area is 82.7 Å². The van der Waals surface area contributed by atoms with E-state index in [1.54, 1.807) is 24.3 Å². The van der Waals surface area contributed by atoms with E-state index in [2.05, 4.69) is 5.32 Å². The number of nitrogens with one attached hydrogen (secondary N) is 1. The third-order valence-electron chi connectivity index (χ3n) is 1.89. The second-order valence-corrected chi connectivity index (χ2v) is 3.12. The van der Waals surface area contributed by atoms with Crippen LogP contribution in [0.2, 0.25) is 0 Å². The van der Waals surface area contributed by atoms with Gasteiger partial charge >= 0.3 is 0 Å². The molecule has 1 saturated heterocycles. The molecule has 13 heavy (non-hydrogen) atoms. The molecular formula is C10H13B2N. The van der Waals surface area contributed by atoms with E-state index in [0.29, 0.717) is 0 Å². The highest BCUT2D eigenvalue weighted by atomic mass is 14.9. The summed E-state index contributed by atoms with van der Waals surface area (Å²) in [4.78, 5) is 0. The van der Waals surface area contributed by atoms with Crippen LogP contribution in [0.4, 0.5) is 0 Å². The number of benzene rings is 1. The van der Waals surface area contributed by atoms with Crippen molar-refractivity contribution >= 4 is 26.6 Å². The topological polar surface area (TPSA) is 12.0 Å². The average molecular weight is 169 g/mol. The molecule has 2 rings (SSSR count). The maximum atomic E-state index is 5.37. The van der Waals surface area contributed by atoms with E-state index < -0.39 is 0 Å². The summed E-state index contributed by atoms with van der Waals surface area (Å²) in [6.45, 7) is 2.50. The molecule has 0 aliphatic carbocycles. The Hall–Kier alpha value is -0.690. The Morgan fingerprint density at radius 1 is 0.846 bits per heavy atom. The Morgan fingerprint density at radius 3 is 1.46 bits per heavy atom. The molecule has 64 valence electrons. The van der Waals surface area contributed by atoms with E-state index in [1.807, 2.05) is 0 Å². The van der Waals surface area contributed by atoms with Crippen LogP contribution in [0.25, 0.3) is 0 Å². The van der Waals surface area contributed by atoms with Crippen LogP contribution < -0.4 is 16.2 Å². The summed E-state index contributed by atoms with van der Waals surface area (Å²) in [5.74, 6) is 0. The second-order valence-electron chi connectivity index (χ2n) is 3.12. The van der Waals surface area contributed by atoms with E-state index >= 15 is 0 Å². The minimum Gasteiger partial charge on any atom is -0.317 e. The van der Waals surface area contributed by atoms with E-state index in [-0.39, 0.29) is 0 Å². The molecule has 0 aromatic heterocycles. The normalized spacial score (nSPS) is 14.8. The minimum atomic E-state index is 0.749. The van der Waals surface area contributed by atoms with Gasteiger partial charge < -0.3 is 5.32 Å². The SMILES string of the molecule is C1CCNC1.[B]c1ccc([B])cc1. The molecule has 1 aliphatic rings. The van der Waals surface area contributed by atoms with E-state index in [9.17, 15) is 0 Å². The highest BCUT2D eigenvalue weighted by Gasteiger charge is 1.93. The van der Waals surface area contributed by atoms with Crippen LogP contribution in [0.3, 0.4) is 0 Å². The van der Waals surface area contributed by atoms with Gasteiger partial charge in [0.2, 0.25) is 0 Å². The molecule has 0 amide bonds. The molecule has 0 bridgehead atoms. The van der Waals surface area contributed by atoms with Crippen LogP contribution in [0.5, 0.6) is 0 Å². The molecule has 4 radical (unpaired) electrons. The lowest BCUT2D eigenvalue weighted by Gasteiger charge is -1.90. The number of hydrogen-bond donors (Lipinski definition) is 1. The summed E-state index contributed by atoms with van der Waals surface area (Å²) in [5.41, 5.74) is 1.50. The molecular weight excluding hydrogens is 156 g/mol. The fourth-order valence-corrected chi connectivity index (χ4v) is 1.12. The Bertz CT molecular complexity index is 201. The van der Waals surface area contributed by atoms with Gasteiger partial charge in [0.25, 0.3) is 0 Å². The zero-order valence-electron chi connectivity index (χ0n) is 7.79. The van der Waals surface area contributed by atoms with Crippen molar-refractivity contribution < 1.29 is 0 Å². The zero-order valence-corrected chi connectivity index (χ0v) is 7.79. The van der Waals surface area contributed by atoms with Gasteiger partial charge in [-0.1, -0.05) is 35.2 Å². The first-order valence-electron chi connectivity index (χ1n) is 4.61. The molecule has 1 aliphatic heterocycles. The second kappa shape index (κ2) is 5.87. The van der Waals surface area contributed by atoms with Crippen LogP contribution in [0, 0.1) is 0 Å². The molecule has 0 unspecified atom stereocenters. The molecule has 1 aromatic carbocycles. The molecule has 1 fully saturated rings. The quantitative estimate of drug-likeness (QED) is 0.523. The van der Waals surface area contributed by atoms with E-state index in [1.165, 1.54) is 25.9 Å². The molecule has 0 atom stereocenters. The third-order valence-corrected chi connectivity index (χ3v) is 1.89. The molecule has 0 spiro atoms. The minimum absolute atomic E-state index is 0.749.